The first-order valence-corrected chi connectivity index (χ1v) is 8.46. The summed E-state index contributed by atoms with van der Waals surface area (Å²) in [5.74, 6) is -1.03. The van der Waals surface area contributed by atoms with Crippen LogP contribution in [0, 0.1) is 0 Å². The van der Waals surface area contributed by atoms with E-state index in [-0.39, 0.29) is 0 Å². The summed E-state index contributed by atoms with van der Waals surface area (Å²) in [5.41, 5.74) is 2.31. The number of fused-ring (bicyclic) bond motifs is 1. The summed E-state index contributed by atoms with van der Waals surface area (Å²) in [4.78, 5) is 24.5. The molecule has 7 nitrogen and oxygen atoms in total. The summed E-state index contributed by atoms with van der Waals surface area (Å²) in [5, 5.41) is 11.3. The molecular formula is C18H17ClN4O3. The second kappa shape index (κ2) is 7.53. The molecule has 0 unspecified atom stereocenters. The number of esters is 1. The van der Waals surface area contributed by atoms with E-state index >= 15 is 0 Å². The zero-order valence-electron chi connectivity index (χ0n) is 14.3. The van der Waals surface area contributed by atoms with Gasteiger partial charge in [0.15, 0.2) is 6.10 Å². The predicted octanol–water partition coefficient (Wildman–Crippen LogP) is 3.29. The third kappa shape index (κ3) is 3.83. The van der Waals surface area contributed by atoms with E-state index in [0.29, 0.717) is 28.3 Å². The van der Waals surface area contributed by atoms with Crippen molar-refractivity contribution in [3.8, 4) is 0 Å². The standard InChI is InChI=1S/C18H17ClN4O3/c1-3-23-16-9-4-12(10-15(16)21-22-23)18(25)26-11(2)17(24)20-14-7-5-13(19)6-8-14/h4-11H,3H2,1-2H3,(H,20,24)/t11-/m0/s1. The molecule has 0 aliphatic rings. The molecule has 0 radical (unpaired) electrons. The molecule has 134 valence electrons. The average Bonchev–Trinajstić information content (AvgIpc) is 3.05. The quantitative estimate of drug-likeness (QED) is 0.694. The van der Waals surface area contributed by atoms with Gasteiger partial charge in [-0.15, -0.1) is 5.10 Å². The van der Waals surface area contributed by atoms with Crippen LogP contribution in [0.1, 0.15) is 24.2 Å². The van der Waals surface area contributed by atoms with Crippen LogP contribution in [0.25, 0.3) is 11.0 Å². The fourth-order valence-electron chi connectivity index (χ4n) is 2.39. The van der Waals surface area contributed by atoms with Gasteiger partial charge in [-0.05, 0) is 56.3 Å². The van der Waals surface area contributed by atoms with Gasteiger partial charge in [0, 0.05) is 17.3 Å². The molecule has 1 amide bonds. The number of hydrogen-bond acceptors (Lipinski definition) is 5. The first-order valence-electron chi connectivity index (χ1n) is 8.08. The molecule has 1 aromatic heterocycles. The molecule has 26 heavy (non-hydrogen) atoms. The third-order valence-corrected chi connectivity index (χ3v) is 4.07. The number of rotatable bonds is 5. The van der Waals surface area contributed by atoms with E-state index in [4.69, 9.17) is 16.3 Å². The minimum absolute atomic E-state index is 0.312. The fraction of sp³-hybridized carbons (Fsp3) is 0.222. The molecule has 0 bridgehead atoms. The average molecular weight is 373 g/mol. The van der Waals surface area contributed by atoms with Crippen molar-refractivity contribution in [2.75, 3.05) is 5.32 Å². The molecule has 3 rings (SSSR count). The Bertz CT molecular complexity index is 953. The lowest BCUT2D eigenvalue weighted by atomic mass is 10.2. The van der Waals surface area contributed by atoms with Crippen molar-refractivity contribution in [3.05, 3.63) is 53.1 Å². The maximum atomic E-state index is 12.3. The second-order valence-electron chi connectivity index (χ2n) is 5.65. The van der Waals surface area contributed by atoms with Crippen molar-refractivity contribution in [1.82, 2.24) is 15.0 Å². The van der Waals surface area contributed by atoms with Gasteiger partial charge in [-0.3, -0.25) is 4.79 Å². The smallest absolute Gasteiger partial charge is 0.338 e. The van der Waals surface area contributed by atoms with Crippen molar-refractivity contribution in [2.45, 2.75) is 26.5 Å². The van der Waals surface area contributed by atoms with Crippen LogP contribution < -0.4 is 5.32 Å². The van der Waals surface area contributed by atoms with Crippen molar-refractivity contribution in [2.24, 2.45) is 0 Å². The van der Waals surface area contributed by atoms with E-state index in [1.165, 1.54) is 6.92 Å². The first-order chi connectivity index (χ1) is 12.5. The molecule has 0 saturated carbocycles. The number of carbonyl (C=O) groups excluding carboxylic acids is 2. The third-order valence-electron chi connectivity index (χ3n) is 3.81. The van der Waals surface area contributed by atoms with Crippen LogP contribution in [0.3, 0.4) is 0 Å². The van der Waals surface area contributed by atoms with Crippen LogP contribution >= 0.6 is 11.6 Å². The number of aromatic nitrogens is 3. The number of carbonyl (C=O) groups is 2. The number of ether oxygens (including phenoxy) is 1. The minimum Gasteiger partial charge on any atom is -0.449 e. The number of hydrogen-bond donors (Lipinski definition) is 1. The lowest BCUT2D eigenvalue weighted by Gasteiger charge is -2.13. The van der Waals surface area contributed by atoms with Crippen LogP contribution in [0.4, 0.5) is 5.69 Å². The highest BCUT2D eigenvalue weighted by Crippen LogP contribution is 2.16. The van der Waals surface area contributed by atoms with Crippen LogP contribution in [0.15, 0.2) is 42.5 Å². The Morgan fingerprint density at radius 1 is 1.23 bits per heavy atom. The zero-order valence-corrected chi connectivity index (χ0v) is 15.0. The van der Waals surface area contributed by atoms with Crippen LogP contribution in [0.2, 0.25) is 5.02 Å². The van der Waals surface area contributed by atoms with E-state index in [9.17, 15) is 9.59 Å². The summed E-state index contributed by atoms with van der Waals surface area (Å²) in [6.45, 7) is 4.15. The predicted molar refractivity (Wildman–Crippen MR) is 98.2 cm³/mol. The van der Waals surface area contributed by atoms with Gasteiger partial charge in [-0.25, -0.2) is 9.48 Å². The number of nitrogens with one attached hydrogen (secondary N) is 1. The largest absolute Gasteiger partial charge is 0.449 e. The van der Waals surface area contributed by atoms with Gasteiger partial charge in [0.05, 0.1) is 11.1 Å². The molecular weight excluding hydrogens is 356 g/mol. The van der Waals surface area contributed by atoms with Crippen LogP contribution in [-0.4, -0.2) is 33.0 Å². The highest BCUT2D eigenvalue weighted by Gasteiger charge is 2.20. The van der Waals surface area contributed by atoms with E-state index in [0.717, 1.165) is 5.52 Å². The van der Waals surface area contributed by atoms with Gasteiger partial charge >= 0.3 is 5.97 Å². The van der Waals surface area contributed by atoms with Crippen molar-refractivity contribution < 1.29 is 14.3 Å². The summed E-state index contributed by atoms with van der Waals surface area (Å²) in [6, 6.07) is 11.6. The van der Waals surface area contributed by atoms with Crippen LogP contribution in [0.5, 0.6) is 0 Å². The van der Waals surface area contributed by atoms with E-state index in [2.05, 4.69) is 15.6 Å². The number of benzene rings is 2. The van der Waals surface area contributed by atoms with E-state index in [1.54, 1.807) is 47.1 Å². The summed E-state index contributed by atoms with van der Waals surface area (Å²) in [6.07, 6.45) is -0.958. The van der Waals surface area contributed by atoms with E-state index in [1.807, 2.05) is 6.92 Å². The summed E-state index contributed by atoms with van der Waals surface area (Å²) < 4.78 is 6.97. The highest BCUT2D eigenvalue weighted by molar-refractivity contribution is 6.30. The Morgan fingerprint density at radius 2 is 1.96 bits per heavy atom. The number of nitrogens with zero attached hydrogens (tertiary/aromatic N) is 3. The summed E-state index contributed by atoms with van der Waals surface area (Å²) >= 11 is 5.81. The SMILES string of the molecule is CCn1nnc2cc(C(=O)O[C@@H](C)C(=O)Nc3ccc(Cl)cc3)ccc21. The van der Waals surface area contributed by atoms with Crippen molar-refractivity contribution in [1.29, 1.82) is 0 Å². The molecule has 0 aliphatic carbocycles. The zero-order chi connectivity index (χ0) is 18.7. The molecule has 1 heterocycles. The Kier molecular flexibility index (Phi) is 5.18. The summed E-state index contributed by atoms with van der Waals surface area (Å²) in [7, 11) is 0. The molecule has 0 saturated heterocycles. The number of anilines is 1. The highest BCUT2D eigenvalue weighted by atomic mass is 35.5. The van der Waals surface area contributed by atoms with E-state index < -0.39 is 18.0 Å². The van der Waals surface area contributed by atoms with Gasteiger partial charge in [0.1, 0.15) is 5.52 Å². The molecule has 1 atom stereocenters. The number of aryl methyl sites for hydroxylation is 1. The topological polar surface area (TPSA) is 86.1 Å². The molecule has 1 N–H and O–H groups in total. The molecule has 0 aliphatic heterocycles. The van der Waals surface area contributed by atoms with Crippen molar-refractivity contribution in [3.63, 3.8) is 0 Å². The number of amides is 1. The van der Waals surface area contributed by atoms with Gasteiger partial charge in [0.2, 0.25) is 0 Å². The van der Waals surface area contributed by atoms with Gasteiger partial charge in [-0.1, -0.05) is 16.8 Å². The molecule has 0 fully saturated rings. The maximum absolute atomic E-state index is 12.3. The monoisotopic (exact) mass is 372 g/mol. The Morgan fingerprint density at radius 3 is 2.65 bits per heavy atom. The molecule has 8 heteroatoms. The lowest BCUT2D eigenvalue weighted by Crippen LogP contribution is -2.30. The Balaban J connectivity index is 1.66. The molecule has 2 aromatic carbocycles. The second-order valence-corrected chi connectivity index (χ2v) is 6.09. The lowest BCUT2D eigenvalue weighted by molar-refractivity contribution is -0.123. The fourth-order valence-corrected chi connectivity index (χ4v) is 2.52. The normalized spacial score (nSPS) is 12.0. The minimum atomic E-state index is -0.958. The first kappa shape index (κ1) is 17.9. The Labute approximate surface area is 154 Å². The van der Waals surface area contributed by atoms with Gasteiger partial charge in [0.25, 0.3) is 5.91 Å². The van der Waals surface area contributed by atoms with Crippen molar-refractivity contribution >= 4 is 40.2 Å². The molecule has 3 aromatic rings. The van der Waals surface area contributed by atoms with Gasteiger partial charge in [-0.2, -0.15) is 0 Å². The van der Waals surface area contributed by atoms with Crippen LogP contribution in [-0.2, 0) is 16.1 Å². The maximum Gasteiger partial charge on any atom is 0.338 e. The Hall–Kier alpha value is -2.93. The van der Waals surface area contributed by atoms with Gasteiger partial charge < -0.3 is 10.1 Å². The molecule has 0 spiro atoms. The number of halogens is 1.